The molecule has 0 saturated heterocycles. The van der Waals surface area contributed by atoms with Crippen molar-refractivity contribution < 1.29 is 4.74 Å². The predicted molar refractivity (Wildman–Crippen MR) is 67.0 cm³/mol. The zero-order valence-corrected chi connectivity index (χ0v) is 10.3. The molecule has 1 atom stereocenters. The molecule has 0 spiro atoms. The number of benzene rings is 1. The standard InChI is InChI=1S/C13H17N3O/c1-9-12(8-15-16(9)2)13(14)10-5-4-6-11(7-10)17-3/h4-8,13H,14H2,1-3H3. The molecular weight excluding hydrogens is 214 g/mol. The number of nitrogens with zero attached hydrogens (tertiary/aromatic N) is 2. The molecule has 0 amide bonds. The van der Waals surface area contributed by atoms with Crippen LogP contribution in [0.4, 0.5) is 0 Å². The number of hydrogen-bond donors (Lipinski definition) is 1. The third-order valence-corrected chi connectivity index (χ3v) is 3.06. The van der Waals surface area contributed by atoms with Crippen LogP contribution >= 0.6 is 0 Å². The molecule has 0 aliphatic carbocycles. The van der Waals surface area contributed by atoms with E-state index in [1.54, 1.807) is 7.11 Å². The second kappa shape index (κ2) is 4.59. The lowest BCUT2D eigenvalue weighted by molar-refractivity contribution is 0.414. The van der Waals surface area contributed by atoms with Crippen LogP contribution in [-0.2, 0) is 7.05 Å². The van der Waals surface area contributed by atoms with Gasteiger partial charge in [0.05, 0.1) is 19.3 Å². The van der Waals surface area contributed by atoms with Gasteiger partial charge in [-0.2, -0.15) is 5.10 Å². The van der Waals surface area contributed by atoms with Crippen LogP contribution in [0.25, 0.3) is 0 Å². The molecule has 0 fully saturated rings. The van der Waals surface area contributed by atoms with E-state index in [2.05, 4.69) is 5.10 Å². The summed E-state index contributed by atoms with van der Waals surface area (Å²) in [6, 6.07) is 7.64. The van der Waals surface area contributed by atoms with E-state index in [0.29, 0.717) is 0 Å². The highest BCUT2D eigenvalue weighted by Crippen LogP contribution is 2.24. The summed E-state index contributed by atoms with van der Waals surface area (Å²) in [5.74, 6) is 0.819. The molecule has 2 aromatic rings. The number of rotatable bonds is 3. The normalized spacial score (nSPS) is 12.5. The first-order valence-corrected chi connectivity index (χ1v) is 5.51. The van der Waals surface area contributed by atoms with Crippen molar-refractivity contribution in [3.63, 3.8) is 0 Å². The number of aryl methyl sites for hydroxylation is 1. The maximum absolute atomic E-state index is 6.25. The molecule has 0 radical (unpaired) electrons. The van der Waals surface area contributed by atoms with Crippen molar-refractivity contribution in [3.8, 4) is 5.75 Å². The average Bonchev–Trinajstić information content (AvgIpc) is 2.69. The molecule has 2 N–H and O–H groups in total. The second-order valence-corrected chi connectivity index (χ2v) is 4.06. The van der Waals surface area contributed by atoms with Gasteiger partial charge < -0.3 is 10.5 Å². The van der Waals surface area contributed by atoms with Crippen molar-refractivity contribution in [1.29, 1.82) is 0 Å². The molecular formula is C13H17N3O. The Kier molecular flexibility index (Phi) is 3.15. The van der Waals surface area contributed by atoms with Crippen molar-refractivity contribution in [2.75, 3.05) is 7.11 Å². The topological polar surface area (TPSA) is 53.1 Å². The Morgan fingerprint density at radius 1 is 1.41 bits per heavy atom. The molecule has 4 nitrogen and oxygen atoms in total. The number of ether oxygens (including phenoxy) is 1. The Bertz CT molecular complexity index is 519. The van der Waals surface area contributed by atoms with Crippen LogP contribution in [0, 0.1) is 6.92 Å². The zero-order valence-electron chi connectivity index (χ0n) is 10.3. The number of aromatic nitrogens is 2. The Balaban J connectivity index is 2.36. The summed E-state index contributed by atoms with van der Waals surface area (Å²) in [4.78, 5) is 0. The van der Waals surface area contributed by atoms with Crippen LogP contribution in [-0.4, -0.2) is 16.9 Å². The molecule has 0 aliphatic rings. The summed E-state index contributed by atoms with van der Waals surface area (Å²) >= 11 is 0. The predicted octanol–water partition coefficient (Wildman–Crippen LogP) is 1.79. The lowest BCUT2D eigenvalue weighted by Crippen LogP contribution is -2.12. The first-order chi connectivity index (χ1) is 8.13. The van der Waals surface area contributed by atoms with E-state index in [0.717, 1.165) is 22.6 Å². The molecule has 1 heterocycles. The van der Waals surface area contributed by atoms with Crippen LogP contribution in [0.1, 0.15) is 22.9 Å². The van der Waals surface area contributed by atoms with Gasteiger partial charge >= 0.3 is 0 Å². The smallest absolute Gasteiger partial charge is 0.119 e. The van der Waals surface area contributed by atoms with Crippen LogP contribution in [0.5, 0.6) is 5.75 Å². The van der Waals surface area contributed by atoms with E-state index >= 15 is 0 Å². The lowest BCUT2D eigenvalue weighted by Gasteiger charge is -2.12. The van der Waals surface area contributed by atoms with Crippen LogP contribution in [0.2, 0.25) is 0 Å². The number of nitrogens with two attached hydrogens (primary N) is 1. The van der Waals surface area contributed by atoms with Crippen molar-refractivity contribution in [1.82, 2.24) is 9.78 Å². The summed E-state index contributed by atoms with van der Waals surface area (Å²) in [7, 11) is 3.57. The van der Waals surface area contributed by atoms with Gasteiger partial charge in [-0.15, -0.1) is 0 Å². The molecule has 1 unspecified atom stereocenters. The molecule has 1 aromatic heterocycles. The van der Waals surface area contributed by atoms with E-state index in [1.165, 1.54) is 0 Å². The van der Waals surface area contributed by atoms with E-state index in [1.807, 2.05) is 49.1 Å². The van der Waals surface area contributed by atoms with Crippen molar-refractivity contribution in [2.45, 2.75) is 13.0 Å². The van der Waals surface area contributed by atoms with Crippen molar-refractivity contribution in [3.05, 3.63) is 47.3 Å². The molecule has 1 aromatic carbocycles. The van der Waals surface area contributed by atoms with Gasteiger partial charge in [-0.25, -0.2) is 0 Å². The van der Waals surface area contributed by atoms with Crippen LogP contribution in [0.3, 0.4) is 0 Å². The first-order valence-electron chi connectivity index (χ1n) is 5.51. The summed E-state index contributed by atoms with van der Waals surface area (Å²) in [6.07, 6.45) is 1.82. The minimum Gasteiger partial charge on any atom is -0.497 e. The maximum atomic E-state index is 6.25. The number of hydrogen-bond acceptors (Lipinski definition) is 3. The molecule has 0 bridgehead atoms. The Morgan fingerprint density at radius 3 is 2.76 bits per heavy atom. The molecule has 4 heteroatoms. The third kappa shape index (κ3) is 2.17. The Morgan fingerprint density at radius 2 is 2.18 bits per heavy atom. The third-order valence-electron chi connectivity index (χ3n) is 3.06. The van der Waals surface area contributed by atoms with Crippen molar-refractivity contribution in [2.24, 2.45) is 12.8 Å². The van der Waals surface area contributed by atoms with Gasteiger partial charge in [0.15, 0.2) is 0 Å². The molecule has 17 heavy (non-hydrogen) atoms. The monoisotopic (exact) mass is 231 g/mol. The Hall–Kier alpha value is -1.81. The van der Waals surface area contributed by atoms with E-state index in [-0.39, 0.29) is 6.04 Å². The molecule has 90 valence electrons. The van der Waals surface area contributed by atoms with Gasteiger partial charge in [0.25, 0.3) is 0 Å². The highest BCUT2D eigenvalue weighted by molar-refractivity contribution is 5.36. The first kappa shape index (κ1) is 11.7. The second-order valence-electron chi connectivity index (χ2n) is 4.06. The van der Waals surface area contributed by atoms with Crippen LogP contribution < -0.4 is 10.5 Å². The van der Waals surface area contributed by atoms with Gasteiger partial charge in [-0.1, -0.05) is 12.1 Å². The zero-order chi connectivity index (χ0) is 12.4. The maximum Gasteiger partial charge on any atom is 0.119 e. The highest BCUT2D eigenvalue weighted by atomic mass is 16.5. The van der Waals surface area contributed by atoms with Crippen molar-refractivity contribution >= 4 is 0 Å². The number of methoxy groups -OCH3 is 1. The van der Waals surface area contributed by atoms with Gasteiger partial charge in [0.2, 0.25) is 0 Å². The van der Waals surface area contributed by atoms with Gasteiger partial charge in [0, 0.05) is 18.3 Å². The SMILES string of the molecule is COc1cccc(C(N)c2cnn(C)c2C)c1. The van der Waals surface area contributed by atoms with E-state index < -0.39 is 0 Å². The quantitative estimate of drug-likeness (QED) is 0.876. The fraction of sp³-hybridized carbons (Fsp3) is 0.308. The van der Waals surface area contributed by atoms with E-state index in [4.69, 9.17) is 10.5 Å². The minimum atomic E-state index is -0.168. The van der Waals surface area contributed by atoms with Gasteiger partial charge in [-0.05, 0) is 24.6 Å². The minimum absolute atomic E-state index is 0.168. The summed E-state index contributed by atoms with van der Waals surface area (Å²) < 4.78 is 7.03. The largest absolute Gasteiger partial charge is 0.497 e. The molecule has 0 saturated carbocycles. The molecule has 2 rings (SSSR count). The summed E-state index contributed by atoms with van der Waals surface area (Å²) in [5, 5.41) is 4.21. The van der Waals surface area contributed by atoms with Crippen LogP contribution in [0.15, 0.2) is 30.5 Å². The highest BCUT2D eigenvalue weighted by Gasteiger charge is 2.14. The van der Waals surface area contributed by atoms with E-state index in [9.17, 15) is 0 Å². The molecule has 0 aliphatic heterocycles. The summed E-state index contributed by atoms with van der Waals surface area (Å²) in [6.45, 7) is 2.02. The van der Waals surface area contributed by atoms with Gasteiger partial charge in [-0.3, -0.25) is 4.68 Å². The average molecular weight is 231 g/mol. The Labute approximate surface area is 101 Å². The fourth-order valence-electron chi connectivity index (χ4n) is 1.84. The summed E-state index contributed by atoms with van der Waals surface area (Å²) in [5.41, 5.74) is 9.40. The van der Waals surface area contributed by atoms with Gasteiger partial charge in [0.1, 0.15) is 5.75 Å². The fourth-order valence-corrected chi connectivity index (χ4v) is 1.84. The lowest BCUT2D eigenvalue weighted by atomic mass is 10.0.